The molecule has 2 unspecified atom stereocenters. The number of amides is 2. The topological polar surface area (TPSA) is 209 Å². The summed E-state index contributed by atoms with van der Waals surface area (Å²) in [7, 11) is 4.35. The van der Waals surface area contributed by atoms with Crippen molar-refractivity contribution in [3.05, 3.63) is 22.7 Å². The van der Waals surface area contributed by atoms with Crippen LogP contribution in [0.5, 0.6) is 0 Å². The number of rotatable bonds is 19. The second kappa shape index (κ2) is 19.5. The van der Waals surface area contributed by atoms with Crippen LogP contribution in [-0.2, 0) is 38.2 Å². The van der Waals surface area contributed by atoms with Gasteiger partial charge in [0.05, 0.1) is 37.4 Å². The van der Waals surface area contributed by atoms with Crippen molar-refractivity contribution in [1.29, 1.82) is 0 Å². The van der Waals surface area contributed by atoms with Crippen LogP contribution in [0.4, 0.5) is 0 Å². The van der Waals surface area contributed by atoms with Crippen molar-refractivity contribution in [3.63, 3.8) is 0 Å². The summed E-state index contributed by atoms with van der Waals surface area (Å²) >= 11 is 12.7. The number of hydrogen-bond acceptors (Lipinski definition) is 17. The Morgan fingerprint density at radius 3 is 1.80 bits per heavy atom. The highest BCUT2D eigenvalue weighted by molar-refractivity contribution is 8.76. The zero-order valence-corrected chi connectivity index (χ0v) is 26.8. The van der Waals surface area contributed by atoms with Crippen LogP contribution in [0.2, 0.25) is 0 Å². The molecule has 0 aromatic carbocycles. The summed E-state index contributed by atoms with van der Waals surface area (Å²) < 4.78 is 14.9. The first-order valence-corrected chi connectivity index (χ1v) is 16.4. The van der Waals surface area contributed by atoms with Gasteiger partial charge in [-0.05, 0) is 11.0 Å². The van der Waals surface area contributed by atoms with Crippen molar-refractivity contribution in [1.82, 2.24) is 20.1 Å². The largest absolute Gasteiger partial charge is 0.504 e. The van der Waals surface area contributed by atoms with Crippen LogP contribution in [0, 0.1) is 0 Å². The van der Waals surface area contributed by atoms with Gasteiger partial charge < -0.3 is 35.1 Å². The molecule has 2 amide bonds. The number of esters is 2. The van der Waals surface area contributed by atoms with Crippen LogP contribution >= 0.6 is 71.6 Å². The Morgan fingerprint density at radius 1 is 0.878 bits per heavy atom. The molecule has 0 saturated heterocycles. The second-order valence-corrected chi connectivity index (χ2v) is 12.0. The first kappa shape index (κ1) is 37.3. The highest BCUT2D eigenvalue weighted by atomic mass is 33.1. The van der Waals surface area contributed by atoms with E-state index in [1.807, 2.05) is 0 Å². The smallest absolute Gasteiger partial charge is 0.329 e. The van der Waals surface area contributed by atoms with E-state index in [1.54, 1.807) is 0 Å². The molecule has 1 aliphatic carbocycles. The van der Waals surface area contributed by atoms with Crippen molar-refractivity contribution in [2.75, 3.05) is 37.2 Å². The van der Waals surface area contributed by atoms with Crippen LogP contribution in [0.3, 0.4) is 0 Å². The standard InChI is InChI=1S/C21H30N4O10S6/c1-34-19(31)13(7-39-25-12(6-37)21(33)38)22-17(29)10-3-11(16(28)15(10)27)18(30)23-14(20(32)35-2)8-40-41-24-9(4-26)5-36/h4,9,12-14,24-25,27-28,36-37H,3,5-8H2,1-2H3,(H,22,29)(H,23,30)(H,33,38)/t9-,12+,13?,14?/m1/s1. The van der Waals surface area contributed by atoms with Gasteiger partial charge in [-0.15, -0.1) is 12.6 Å². The van der Waals surface area contributed by atoms with Gasteiger partial charge in [0, 0.05) is 29.4 Å². The third-order valence-electron chi connectivity index (χ3n) is 5.09. The van der Waals surface area contributed by atoms with Crippen molar-refractivity contribution in [2.24, 2.45) is 0 Å². The zero-order valence-electron chi connectivity index (χ0n) is 21.6. The number of aliphatic hydroxyl groups excluding tert-OH is 2. The Labute approximate surface area is 264 Å². The molecule has 0 fully saturated rings. The summed E-state index contributed by atoms with van der Waals surface area (Å²) in [5.41, 5.74) is -0.809. The van der Waals surface area contributed by atoms with Crippen molar-refractivity contribution in [2.45, 2.75) is 30.6 Å². The summed E-state index contributed by atoms with van der Waals surface area (Å²) in [5.74, 6) is -5.05. The fourth-order valence-electron chi connectivity index (χ4n) is 2.82. The molecule has 0 radical (unpaired) electrons. The Bertz CT molecular complexity index is 1060. The molecule has 4 atom stereocenters. The van der Waals surface area contributed by atoms with Gasteiger partial charge in [-0.1, -0.05) is 22.7 Å². The number of methoxy groups -OCH3 is 2. The maximum atomic E-state index is 12.9. The second-order valence-electron chi connectivity index (χ2n) is 7.84. The van der Waals surface area contributed by atoms with Gasteiger partial charge in [0.25, 0.3) is 11.8 Å². The summed E-state index contributed by atoms with van der Waals surface area (Å²) in [6, 6.07) is -3.68. The first-order chi connectivity index (χ1) is 19.4. The molecule has 0 aromatic rings. The maximum absolute atomic E-state index is 12.9. The molecular formula is C21H30N4O10S6. The van der Waals surface area contributed by atoms with Gasteiger partial charge in [-0.25, -0.2) is 14.3 Å². The molecule has 230 valence electrons. The monoisotopic (exact) mass is 690 g/mol. The average molecular weight is 691 g/mol. The van der Waals surface area contributed by atoms with Gasteiger partial charge in [0.1, 0.15) is 18.4 Å². The molecule has 1 rings (SSSR count). The predicted octanol–water partition coefficient (Wildman–Crippen LogP) is -0.294. The quantitative estimate of drug-likeness (QED) is 0.0213. The maximum Gasteiger partial charge on any atom is 0.329 e. The molecule has 0 aliphatic heterocycles. The van der Waals surface area contributed by atoms with E-state index in [2.05, 4.69) is 58.0 Å². The Morgan fingerprint density at radius 2 is 1.39 bits per heavy atom. The van der Waals surface area contributed by atoms with Gasteiger partial charge in [0.15, 0.2) is 11.5 Å². The normalized spacial score (nSPS) is 15.9. The summed E-state index contributed by atoms with van der Waals surface area (Å²) in [6.07, 6.45) is 0.140. The minimum absolute atomic E-state index is 0.00553. The van der Waals surface area contributed by atoms with Crippen LogP contribution < -0.4 is 20.1 Å². The molecule has 0 spiro atoms. The average Bonchev–Trinajstić information content (AvgIpc) is 3.26. The van der Waals surface area contributed by atoms with Crippen LogP contribution in [-0.4, -0.2) is 107 Å². The third kappa shape index (κ3) is 11.8. The highest BCUT2D eigenvalue weighted by Crippen LogP contribution is 2.30. The molecule has 0 bridgehead atoms. The first-order valence-electron chi connectivity index (χ1n) is 11.4. The summed E-state index contributed by atoms with van der Waals surface area (Å²) in [4.78, 5) is 72.4. The number of carbonyl (C=O) groups is 6. The number of aliphatic hydroxyl groups is 2. The fourth-order valence-corrected chi connectivity index (χ4v) is 6.71. The Balaban J connectivity index is 2.86. The van der Waals surface area contributed by atoms with Gasteiger partial charge in [-0.3, -0.25) is 19.1 Å². The fraction of sp³-hybridized carbons (Fsp3) is 0.524. The van der Waals surface area contributed by atoms with Crippen LogP contribution in [0.25, 0.3) is 0 Å². The van der Waals surface area contributed by atoms with E-state index in [0.29, 0.717) is 6.29 Å². The van der Waals surface area contributed by atoms with Crippen LogP contribution in [0.15, 0.2) is 22.7 Å². The number of aldehydes is 1. The Kier molecular flexibility index (Phi) is 17.8. The number of nitrogens with one attached hydrogen (secondary N) is 4. The molecule has 0 heterocycles. The summed E-state index contributed by atoms with van der Waals surface area (Å²) in [5, 5.41) is 25.0. The van der Waals surface area contributed by atoms with Gasteiger partial charge >= 0.3 is 11.9 Å². The zero-order chi connectivity index (χ0) is 31.1. The van der Waals surface area contributed by atoms with Crippen molar-refractivity contribution < 1.29 is 48.5 Å². The lowest BCUT2D eigenvalue weighted by Gasteiger charge is -2.19. The lowest BCUT2D eigenvalue weighted by molar-refractivity contribution is -0.144. The van der Waals surface area contributed by atoms with E-state index >= 15 is 0 Å². The lowest BCUT2D eigenvalue weighted by atomic mass is 10.1. The molecule has 0 aromatic heterocycles. The molecule has 6 N–H and O–H groups in total. The van der Waals surface area contributed by atoms with E-state index in [1.165, 1.54) is 0 Å². The number of carbonyl (C=O) groups excluding carboxylic acids is 6. The molecule has 41 heavy (non-hydrogen) atoms. The third-order valence-corrected chi connectivity index (χ3v) is 9.15. The number of thiol groups is 3. The number of hydrogen-bond donors (Lipinski definition) is 9. The lowest BCUT2D eigenvalue weighted by Crippen LogP contribution is -2.45. The molecule has 0 saturated carbocycles. The highest BCUT2D eigenvalue weighted by Gasteiger charge is 2.35. The van der Waals surface area contributed by atoms with Crippen LogP contribution in [0.1, 0.15) is 6.42 Å². The molecule has 14 nitrogen and oxygen atoms in total. The number of ether oxygens (including phenoxy) is 2. The SMILES string of the molecule is COC(=O)C(CSN[C@@H](CS)C(=O)S)NC(=O)C1=C(O)C(O)=C(C(=O)NC(CSSN[C@H](C=O)CS)C(=O)OC)C1. The van der Waals surface area contributed by atoms with E-state index in [4.69, 9.17) is 9.47 Å². The van der Waals surface area contributed by atoms with Crippen molar-refractivity contribution >= 4 is 107 Å². The van der Waals surface area contributed by atoms with E-state index in [-0.39, 0.29) is 23.0 Å². The minimum Gasteiger partial charge on any atom is -0.504 e. The van der Waals surface area contributed by atoms with E-state index in [9.17, 15) is 39.0 Å². The summed E-state index contributed by atoms with van der Waals surface area (Å²) in [6.45, 7) is 0. The Hall–Kier alpha value is -1.68. The molecule has 1 aliphatic rings. The predicted molar refractivity (Wildman–Crippen MR) is 166 cm³/mol. The molecule has 20 heteroatoms. The van der Waals surface area contributed by atoms with E-state index in [0.717, 1.165) is 47.9 Å². The van der Waals surface area contributed by atoms with Crippen molar-refractivity contribution in [3.8, 4) is 0 Å². The van der Waals surface area contributed by atoms with Gasteiger partial charge in [0.2, 0.25) is 5.12 Å². The molecular weight excluding hydrogens is 661 g/mol. The van der Waals surface area contributed by atoms with Gasteiger partial charge in [-0.2, -0.15) is 25.3 Å². The minimum atomic E-state index is -1.24. The van der Waals surface area contributed by atoms with E-state index < -0.39 is 82.1 Å².